The third-order valence-electron chi connectivity index (χ3n) is 6.09. The van der Waals surface area contributed by atoms with Gasteiger partial charge in [-0.25, -0.2) is 0 Å². The molecule has 0 saturated carbocycles. The van der Waals surface area contributed by atoms with Crippen LogP contribution in [-0.4, -0.2) is 82.5 Å². The zero-order valence-corrected chi connectivity index (χ0v) is 23.0. The molecule has 36 heavy (non-hydrogen) atoms. The highest BCUT2D eigenvalue weighted by atomic mass is 32.2. The predicted octanol–water partition coefficient (Wildman–Crippen LogP) is 2.09. The fraction of sp³-hybridized carbons (Fsp3) is 0.682. The van der Waals surface area contributed by atoms with Crippen molar-refractivity contribution in [1.82, 2.24) is 35.4 Å². The number of hydrogen-bond acceptors (Lipinski definition) is 10. The van der Waals surface area contributed by atoms with Crippen LogP contribution < -0.4 is 10.6 Å². The van der Waals surface area contributed by atoms with E-state index in [1.54, 1.807) is 4.68 Å². The molecule has 3 atom stereocenters. The standard InChI is InChI=1S/C22H32N8O3S3/c1-14(31)23-17(21(33)29-11-18-19(12-29)35-13-34-18)7-3-4-9-30-10-16(26-28-30)6-5-8-20(32)24-22-27-25-15(2)36-22/h10,17-19H,3-9,11-13H2,1-2H3,(H,23,31)(H,24,27,32)/t17-,18+,19?/m0/s1. The van der Waals surface area contributed by atoms with Gasteiger partial charge in [-0.1, -0.05) is 16.6 Å². The molecule has 2 aliphatic rings. The number of nitrogens with one attached hydrogen (secondary N) is 2. The largest absolute Gasteiger partial charge is 0.345 e. The summed E-state index contributed by atoms with van der Waals surface area (Å²) in [4.78, 5) is 38.7. The zero-order chi connectivity index (χ0) is 25.5. The molecule has 2 aromatic rings. The van der Waals surface area contributed by atoms with Gasteiger partial charge in [0.15, 0.2) is 0 Å². The molecule has 0 aliphatic carbocycles. The number of carbonyl (C=O) groups is 3. The average molecular weight is 553 g/mol. The van der Waals surface area contributed by atoms with E-state index in [0.717, 1.165) is 41.7 Å². The summed E-state index contributed by atoms with van der Waals surface area (Å²) in [5.41, 5.74) is 0.844. The van der Waals surface area contributed by atoms with Gasteiger partial charge in [-0.3, -0.25) is 19.1 Å². The molecule has 196 valence electrons. The Morgan fingerprint density at radius 3 is 2.58 bits per heavy atom. The Morgan fingerprint density at radius 2 is 1.89 bits per heavy atom. The first-order valence-electron chi connectivity index (χ1n) is 12.2. The molecule has 0 aromatic carbocycles. The number of thioether (sulfide) groups is 2. The number of likely N-dealkylation sites (tertiary alicyclic amines) is 1. The SMILES string of the molecule is CC(=O)N[C@@H](CCCCn1cc(CCCC(=O)Nc2nnc(C)s2)nn1)C(=O)N1CC2SCS[C@@H]2C1. The van der Waals surface area contributed by atoms with Crippen LogP contribution in [0.25, 0.3) is 0 Å². The van der Waals surface area contributed by atoms with Crippen LogP contribution in [0, 0.1) is 6.92 Å². The Hall–Kier alpha value is -2.19. The number of aromatic nitrogens is 5. The van der Waals surface area contributed by atoms with Crippen LogP contribution in [0.5, 0.6) is 0 Å². The summed E-state index contributed by atoms with van der Waals surface area (Å²) in [6, 6.07) is -0.474. The normalized spacial score (nSPS) is 19.8. The molecule has 1 unspecified atom stereocenters. The van der Waals surface area contributed by atoms with E-state index >= 15 is 0 Å². The van der Waals surface area contributed by atoms with Crippen molar-refractivity contribution >= 4 is 57.7 Å². The molecule has 0 radical (unpaired) electrons. The lowest BCUT2D eigenvalue weighted by molar-refractivity contribution is -0.135. The van der Waals surface area contributed by atoms with Crippen molar-refractivity contribution in [3.05, 3.63) is 16.9 Å². The molecule has 14 heteroatoms. The van der Waals surface area contributed by atoms with E-state index < -0.39 is 6.04 Å². The maximum Gasteiger partial charge on any atom is 0.245 e. The second-order valence-electron chi connectivity index (χ2n) is 9.02. The minimum absolute atomic E-state index is 0.0362. The predicted molar refractivity (Wildman–Crippen MR) is 142 cm³/mol. The van der Waals surface area contributed by atoms with Gasteiger partial charge >= 0.3 is 0 Å². The molecule has 2 saturated heterocycles. The second-order valence-corrected chi connectivity index (χ2v) is 13.0. The van der Waals surface area contributed by atoms with Crippen molar-refractivity contribution in [2.45, 2.75) is 75.5 Å². The lowest BCUT2D eigenvalue weighted by Crippen LogP contribution is -2.47. The highest BCUT2D eigenvalue weighted by molar-refractivity contribution is 8.19. The summed E-state index contributed by atoms with van der Waals surface area (Å²) in [6.07, 6.45) is 5.83. The first-order valence-corrected chi connectivity index (χ1v) is 15.1. The molecular weight excluding hydrogens is 520 g/mol. The molecule has 2 aromatic heterocycles. The quantitative estimate of drug-likeness (QED) is 0.380. The smallest absolute Gasteiger partial charge is 0.245 e. The molecule has 2 aliphatic heterocycles. The molecule has 11 nitrogen and oxygen atoms in total. The maximum atomic E-state index is 13.1. The van der Waals surface area contributed by atoms with Crippen LogP contribution in [-0.2, 0) is 27.3 Å². The van der Waals surface area contributed by atoms with Gasteiger partial charge in [-0.05, 0) is 39.0 Å². The van der Waals surface area contributed by atoms with Gasteiger partial charge in [0.2, 0.25) is 22.9 Å². The maximum absolute atomic E-state index is 13.1. The minimum Gasteiger partial charge on any atom is -0.345 e. The van der Waals surface area contributed by atoms with E-state index in [2.05, 4.69) is 31.1 Å². The summed E-state index contributed by atoms with van der Waals surface area (Å²) in [6.45, 7) is 5.55. The molecule has 4 rings (SSSR count). The zero-order valence-electron chi connectivity index (χ0n) is 20.5. The number of amides is 3. The number of aryl methyl sites for hydroxylation is 3. The third kappa shape index (κ3) is 7.65. The van der Waals surface area contributed by atoms with Gasteiger partial charge in [0.25, 0.3) is 0 Å². The van der Waals surface area contributed by atoms with Crippen molar-refractivity contribution in [2.24, 2.45) is 0 Å². The molecule has 0 spiro atoms. The fourth-order valence-corrected chi connectivity index (χ4v) is 8.29. The number of rotatable bonds is 12. The van der Waals surface area contributed by atoms with Gasteiger partial charge in [-0.15, -0.1) is 38.8 Å². The molecule has 2 fully saturated rings. The van der Waals surface area contributed by atoms with Crippen LogP contribution in [0.3, 0.4) is 0 Å². The lowest BCUT2D eigenvalue weighted by Gasteiger charge is -2.24. The summed E-state index contributed by atoms with van der Waals surface area (Å²) in [7, 11) is 0. The Bertz CT molecular complexity index is 1050. The molecule has 2 N–H and O–H groups in total. The Labute approximate surface area is 222 Å². The molecule has 3 amide bonds. The molecule has 4 heterocycles. The van der Waals surface area contributed by atoms with E-state index in [-0.39, 0.29) is 17.7 Å². The number of carbonyl (C=O) groups excluding carboxylic acids is 3. The van der Waals surface area contributed by atoms with E-state index in [1.165, 1.54) is 18.3 Å². The average Bonchev–Trinajstić information content (AvgIpc) is 3.60. The highest BCUT2D eigenvalue weighted by Crippen LogP contribution is 2.41. The van der Waals surface area contributed by atoms with E-state index in [9.17, 15) is 14.4 Å². The van der Waals surface area contributed by atoms with Crippen molar-refractivity contribution in [3.8, 4) is 0 Å². The summed E-state index contributed by atoms with van der Waals surface area (Å²) in [5.74, 6) is -0.227. The third-order valence-corrected chi connectivity index (χ3v) is 9.92. The van der Waals surface area contributed by atoms with Crippen molar-refractivity contribution < 1.29 is 14.4 Å². The van der Waals surface area contributed by atoms with Gasteiger partial charge in [-0.2, -0.15) is 0 Å². The lowest BCUT2D eigenvalue weighted by atomic mass is 10.1. The van der Waals surface area contributed by atoms with E-state index in [4.69, 9.17) is 0 Å². The van der Waals surface area contributed by atoms with Gasteiger partial charge in [0.05, 0.1) is 5.69 Å². The van der Waals surface area contributed by atoms with Crippen LogP contribution >= 0.6 is 34.9 Å². The number of fused-ring (bicyclic) bond motifs is 1. The molecule has 0 bridgehead atoms. The number of anilines is 1. The Morgan fingerprint density at radius 1 is 1.11 bits per heavy atom. The first kappa shape index (κ1) is 26.9. The monoisotopic (exact) mass is 552 g/mol. The summed E-state index contributed by atoms with van der Waals surface area (Å²) < 4.78 is 1.80. The fourth-order valence-electron chi connectivity index (χ4n) is 4.32. The van der Waals surface area contributed by atoms with Crippen LogP contribution in [0.2, 0.25) is 0 Å². The van der Waals surface area contributed by atoms with E-state index in [1.807, 2.05) is 41.5 Å². The van der Waals surface area contributed by atoms with Gasteiger partial charge in [0.1, 0.15) is 11.0 Å². The molecular formula is C22H32N8O3S3. The summed E-state index contributed by atoms with van der Waals surface area (Å²) >= 11 is 5.21. The second kappa shape index (κ2) is 12.9. The van der Waals surface area contributed by atoms with Crippen molar-refractivity contribution in [3.63, 3.8) is 0 Å². The topological polar surface area (TPSA) is 135 Å². The summed E-state index contributed by atoms with van der Waals surface area (Å²) in [5, 5.41) is 25.3. The van der Waals surface area contributed by atoms with E-state index in [0.29, 0.717) is 47.9 Å². The van der Waals surface area contributed by atoms with Gasteiger partial charge in [0, 0.05) is 54.8 Å². The Balaban J connectivity index is 1.15. The van der Waals surface area contributed by atoms with Crippen molar-refractivity contribution in [2.75, 3.05) is 23.5 Å². The number of unbranched alkanes of at least 4 members (excludes halogenated alkanes) is 1. The highest BCUT2D eigenvalue weighted by Gasteiger charge is 2.41. The number of nitrogens with zero attached hydrogens (tertiary/aromatic N) is 6. The van der Waals surface area contributed by atoms with Gasteiger partial charge < -0.3 is 15.5 Å². The van der Waals surface area contributed by atoms with Crippen LogP contribution in [0.4, 0.5) is 5.13 Å². The Kier molecular flexibility index (Phi) is 9.60. The van der Waals surface area contributed by atoms with Crippen LogP contribution in [0.1, 0.15) is 49.7 Å². The first-order chi connectivity index (χ1) is 17.4. The van der Waals surface area contributed by atoms with Crippen LogP contribution in [0.15, 0.2) is 6.20 Å². The number of hydrogen-bond donors (Lipinski definition) is 2. The van der Waals surface area contributed by atoms with Crippen molar-refractivity contribution in [1.29, 1.82) is 0 Å². The minimum atomic E-state index is -0.474.